The highest BCUT2D eigenvalue weighted by atomic mass is 32.2. The van der Waals surface area contributed by atoms with Crippen molar-refractivity contribution in [2.45, 2.75) is 11.4 Å². The van der Waals surface area contributed by atoms with Crippen LogP contribution in [0.2, 0.25) is 0 Å². The van der Waals surface area contributed by atoms with Crippen LogP contribution in [0.3, 0.4) is 0 Å². The number of ether oxygens (including phenoxy) is 2. The molecule has 8 nitrogen and oxygen atoms in total. The Kier molecular flexibility index (Phi) is 5.41. The summed E-state index contributed by atoms with van der Waals surface area (Å²) in [5.41, 5.74) is -1.42. The normalized spacial score (nSPS) is 25.1. The van der Waals surface area contributed by atoms with Crippen LogP contribution in [0.25, 0.3) is 0 Å². The molecule has 0 aromatic heterocycles. The first-order chi connectivity index (χ1) is 9.49. The fourth-order valence-electron chi connectivity index (χ4n) is 1.87. The third-order valence-electron chi connectivity index (χ3n) is 2.75. The number of nitrogens with zero attached hydrogens (tertiary/aromatic N) is 2. The SMILES string of the molecule is COC1(OC)C=C(CS(=O)O)C=CC1(N=C=O)N=C=O. The summed E-state index contributed by atoms with van der Waals surface area (Å²) in [7, 11) is 2.50. The molecule has 0 aromatic carbocycles. The Hall–Kier alpha value is -1.73. The van der Waals surface area contributed by atoms with E-state index in [2.05, 4.69) is 9.98 Å². The Balaban J connectivity index is 3.46. The molecule has 0 saturated heterocycles. The molecule has 0 radical (unpaired) electrons. The zero-order valence-electron chi connectivity index (χ0n) is 10.7. The van der Waals surface area contributed by atoms with Gasteiger partial charge in [-0.1, -0.05) is 6.08 Å². The first-order valence-electron chi connectivity index (χ1n) is 5.26. The van der Waals surface area contributed by atoms with Gasteiger partial charge in [-0.25, -0.2) is 13.8 Å². The van der Waals surface area contributed by atoms with E-state index >= 15 is 0 Å². The first kappa shape index (κ1) is 16.3. The van der Waals surface area contributed by atoms with E-state index in [0.29, 0.717) is 5.57 Å². The third kappa shape index (κ3) is 2.88. The molecule has 0 fully saturated rings. The molecule has 0 spiro atoms. The minimum atomic E-state index is -2.08. The van der Waals surface area contributed by atoms with E-state index in [1.165, 1.54) is 44.6 Å². The number of carbonyl (C=O) groups excluding carboxylic acids is 2. The highest BCUT2D eigenvalue weighted by Crippen LogP contribution is 2.38. The van der Waals surface area contributed by atoms with Gasteiger partial charge in [-0.2, -0.15) is 9.98 Å². The van der Waals surface area contributed by atoms with Gasteiger partial charge in [0.2, 0.25) is 23.6 Å². The van der Waals surface area contributed by atoms with E-state index in [4.69, 9.17) is 14.0 Å². The molecule has 1 N–H and O–H groups in total. The summed E-state index contributed by atoms with van der Waals surface area (Å²) in [6.07, 6.45) is 6.55. The molecular weight excluding hydrogens is 288 g/mol. The van der Waals surface area contributed by atoms with Crippen LogP contribution in [0, 0.1) is 0 Å². The summed E-state index contributed by atoms with van der Waals surface area (Å²) in [6, 6.07) is 0. The minimum absolute atomic E-state index is 0.184. The number of aliphatic imine (C=N–C) groups is 2. The minimum Gasteiger partial charge on any atom is -0.346 e. The Morgan fingerprint density at radius 2 is 1.85 bits per heavy atom. The second kappa shape index (κ2) is 6.62. The third-order valence-corrected chi connectivity index (χ3v) is 3.33. The quantitative estimate of drug-likeness (QED) is 0.321. The van der Waals surface area contributed by atoms with Crippen molar-refractivity contribution in [3.8, 4) is 0 Å². The number of hydrogen-bond donors (Lipinski definition) is 1. The van der Waals surface area contributed by atoms with E-state index in [1.807, 2.05) is 0 Å². The van der Waals surface area contributed by atoms with Gasteiger partial charge in [0, 0.05) is 14.2 Å². The number of methoxy groups -OCH3 is 2. The summed E-state index contributed by atoms with van der Waals surface area (Å²) in [4.78, 5) is 28.1. The van der Waals surface area contributed by atoms with Crippen molar-refractivity contribution in [2.24, 2.45) is 9.98 Å². The van der Waals surface area contributed by atoms with Gasteiger partial charge in [0.15, 0.2) is 11.1 Å². The van der Waals surface area contributed by atoms with Crippen LogP contribution in [0.1, 0.15) is 0 Å². The van der Waals surface area contributed by atoms with Gasteiger partial charge in [0.05, 0.1) is 5.75 Å². The summed E-state index contributed by atoms with van der Waals surface area (Å²) < 4.78 is 30.1. The van der Waals surface area contributed by atoms with Gasteiger partial charge < -0.3 is 14.0 Å². The standard InChI is InChI=1S/C11H12N2O6S/c1-18-11(19-2)5-9(6-20(16)17)3-4-10(11,12-7-14)13-8-15/h3-5H,6H2,1-2H3,(H,16,17). The summed E-state index contributed by atoms with van der Waals surface area (Å²) in [5.74, 6) is -1.90. The molecule has 1 aliphatic rings. The lowest BCUT2D eigenvalue weighted by atomic mass is 9.91. The summed E-state index contributed by atoms with van der Waals surface area (Å²) in [6.45, 7) is 0. The fraction of sp³-hybridized carbons (Fsp3) is 0.455. The van der Waals surface area contributed by atoms with Crippen LogP contribution >= 0.6 is 0 Å². The van der Waals surface area contributed by atoms with Crippen LogP contribution in [0.15, 0.2) is 33.8 Å². The number of allylic oxidation sites excluding steroid dienone is 1. The van der Waals surface area contributed by atoms with E-state index in [-0.39, 0.29) is 5.75 Å². The molecular formula is C11H12N2O6S. The molecule has 0 aromatic rings. The van der Waals surface area contributed by atoms with E-state index in [0.717, 1.165) is 0 Å². The second-order valence-electron chi connectivity index (χ2n) is 3.73. The van der Waals surface area contributed by atoms with Gasteiger partial charge in [-0.3, -0.25) is 0 Å². The zero-order valence-corrected chi connectivity index (χ0v) is 11.5. The molecule has 1 rings (SSSR count). The Morgan fingerprint density at radius 3 is 2.25 bits per heavy atom. The molecule has 0 amide bonds. The molecule has 1 aliphatic carbocycles. The first-order valence-corrected chi connectivity index (χ1v) is 6.53. The van der Waals surface area contributed by atoms with Crippen molar-refractivity contribution in [2.75, 3.05) is 20.0 Å². The molecule has 108 valence electrons. The van der Waals surface area contributed by atoms with Crippen molar-refractivity contribution in [1.82, 2.24) is 0 Å². The van der Waals surface area contributed by atoms with Crippen LogP contribution in [-0.4, -0.2) is 52.3 Å². The van der Waals surface area contributed by atoms with Crippen LogP contribution in [0.5, 0.6) is 0 Å². The zero-order chi connectivity index (χ0) is 15.2. The lowest BCUT2D eigenvalue weighted by molar-refractivity contribution is -0.200. The average molecular weight is 300 g/mol. The molecule has 1 unspecified atom stereocenters. The largest absolute Gasteiger partial charge is 0.346 e. The monoisotopic (exact) mass is 300 g/mol. The van der Waals surface area contributed by atoms with Crippen molar-refractivity contribution in [3.63, 3.8) is 0 Å². The van der Waals surface area contributed by atoms with Gasteiger partial charge >= 0.3 is 0 Å². The van der Waals surface area contributed by atoms with Crippen LogP contribution in [0.4, 0.5) is 0 Å². The van der Waals surface area contributed by atoms with Crippen molar-refractivity contribution >= 4 is 23.2 Å². The summed E-state index contributed by atoms with van der Waals surface area (Å²) >= 11 is -2.08. The molecule has 0 aliphatic heterocycles. The maximum Gasteiger partial charge on any atom is 0.250 e. The number of isocyanates is 2. The highest BCUT2D eigenvalue weighted by Gasteiger charge is 2.53. The van der Waals surface area contributed by atoms with E-state index in [9.17, 15) is 13.8 Å². The smallest absolute Gasteiger partial charge is 0.250 e. The second-order valence-corrected chi connectivity index (χ2v) is 4.66. The van der Waals surface area contributed by atoms with Crippen LogP contribution in [-0.2, 0) is 30.1 Å². The Labute approximate surface area is 117 Å². The molecule has 0 bridgehead atoms. The Bertz CT molecular complexity index is 535. The van der Waals surface area contributed by atoms with E-state index in [1.54, 1.807) is 0 Å². The van der Waals surface area contributed by atoms with Gasteiger partial charge in [0.1, 0.15) is 0 Å². The van der Waals surface area contributed by atoms with Crippen molar-refractivity contribution in [1.29, 1.82) is 0 Å². The Morgan fingerprint density at radius 1 is 1.30 bits per heavy atom. The van der Waals surface area contributed by atoms with Crippen LogP contribution < -0.4 is 0 Å². The van der Waals surface area contributed by atoms with Gasteiger partial charge in [-0.15, -0.1) is 0 Å². The van der Waals surface area contributed by atoms with E-state index < -0.39 is 22.5 Å². The van der Waals surface area contributed by atoms with Gasteiger partial charge in [-0.05, 0) is 17.7 Å². The molecule has 20 heavy (non-hydrogen) atoms. The predicted molar refractivity (Wildman–Crippen MR) is 68.6 cm³/mol. The highest BCUT2D eigenvalue weighted by molar-refractivity contribution is 7.79. The number of hydrogen-bond acceptors (Lipinski definition) is 7. The van der Waals surface area contributed by atoms with Gasteiger partial charge in [0.25, 0.3) is 0 Å². The molecule has 0 heterocycles. The fourth-order valence-corrected chi connectivity index (χ4v) is 2.33. The topological polar surface area (TPSA) is 115 Å². The average Bonchev–Trinajstić information content (AvgIpc) is 2.41. The lowest BCUT2D eigenvalue weighted by Gasteiger charge is -2.39. The molecule has 0 saturated carbocycles. The summed E-state index contributed by atoms with van der Waals surface area (Å²) in [5, 5.41) is 0. The molecule has 1 atom stereocenters. The maximum absolute atomic E-state index is 10.9. The van der Waals surface area contributed by atoms with Crippen molar-refractivity contribution in [3.05, 3.63) is 23.8 Å². The van der Waals surface area contributed by atoms with Crippen molar-refractivity contribution < 1.29 is 27.8 Å². The number of rotatable bonds is 6. The predicted octanol–water partition coefficient (Wildman–Crippen LogP) is 0.0613. The molecule has 9 heteroatoms. The lowest BCUT2D eigenvalue weighted by Crippen LogP contribution is -2.53. The maximum atomic E-state index is 10.9.